The first-order valence-electron chi connectivity index (χ1n) is 11.0. The monoisotopic (exact) mass is 469 g/mol. The molecule has 2 aliphatic heterocycles. The molecular formula is C23H27N5O4S. The number of carbonyl (C=O) groups excluding carboxylic acids is 2. The van der Waals surface area contributed by atoms with Gasteiger partial charge in [0, 0.05) is 66.0 Å². The Morgan fingerprint density at radius 3 is 2.61 bits per heavy atom. The smallest absolute Gasteiger partial charge is 0.254 e. The predicted molar refractivity (Wildman–Crippen MR) is 128 cm³/mol. The molecule has 1 aliphatic carbocycles. The van der Waals surface area contributed by atoms with Crippen LogP contribution in [0, 0.1) is 11.3 Å². The number of rotatable bonds is 7. The first kappa shape index (κ1) is 21.7. The van der Waals surface area contributed by atoms with E-state index in [2.05, 4.69) is 25.8 Å². The van der Waals surface area contributed by atoms with Crippen molar-refractivity contribution in [3.63, 3.8) is 0 Å². The van der Waals surface area contributed by atoms with E-state index in [4.69, 9.17) is 4.74 Å². The zero-order valence-corrected chi connectivity index (χ0v) is 19.5. The van der Waals surface area contributed by atoms with Crippen LogP contribution in [0.1, 0.15) is 23.2 Å². The number of nitrogens with zero attached hydrogens (tertiary/aromatic N) is 2. The van der Waals surface area contributed by atoms with Crippen LogP contribution >= 0.6 is 0 Å². The fourth-order valence-corrected chi connectivity index (χ4v) is 6.15. The molecule has 0 radical (unpaired) electrons. The molecule has 33 heavy (non-hydrogen) atoms. The minimum absolute atomic E-state index is 0.0477. The summed E-state index contributed by atoms with van der Waals surface area (Å²) in [6.07, 6.45) is 3.24. The van der Waals surface area contributed by atoms with E-state index in [1.54, 1.807) is 20.2 Å². The molecule has 10 heteroatoms. The van der Waals surface area contributed by atoms with Crippen LogP contribution in [0.4, 0.5) is 22.9 Å². The van der Waals surface area contributed by atoms with Gasteiger partial charge in [0.2, 0.25) is 5.91 Å². The molecule has 1 aromatic heterocycles. The van der Waals surface area contributed by atoms with Crippen molar-refractivity contribution in [3.8, 4) is 5.75 Å². The fraction of sp³-hybridized carbons (Fsp3) is 0.435. The Hall–Kier alpha value is -3.14. The van der Waals surface area contributed by atoms with Gasteiger partial charge < -0.3 is 25.6 Å². The highest BCUT2D eigenvalue weighted by Crippen LogP contribution is 2.46. The van der Waals surface area contributed by atoms with Crippen LogP contribution in [0.3, 0.4) is 0 Å². The third kappa shape index (κ3) is 4.15. The van der Waals surface area contributed by atoms with Crippen molar-refractivity contribution in [2.75, 3.05) is 54.3 Å². The van der Waals surface area contributed by atoms with E-state index in [1.165, 1.54) is 6.20 Å². The highest BCUT2D eigenvalue weighted by atomic mass is 32.2. The number of ether oxygens (including phenoxy) is 1. The van der Waals surface area contributed by atoms with E-state index < -0.39 is 10.8 Å². The molecule has 1 spiro atoms. The minimum Gasteiger partial charge on any atom is -0.492 e. The normalized spacial score (nSPS) is 18.8. The first-order valence-corrected chi connectivity index (χ1v) is 12.5. The van der Waals surface area contributed by atoms with Crippen molar-refractivity contribution >= 4 is 45.5 Å². The van der Waals surface area contributed by atoms with E-state index >= 15 is 0 Å². The van der Waals surface area contributed by atoms with Gasteiger partial charge in [0.05, 0.1) is 29.7 Å². The highest BCUT2D eigenvalue weighted by molar-refractivity contribution is 7.86. The highest BCUT2D eigenvalue weighted by Gasteiger charge is 2.52. The molecule has 3 fully saturated rings. The number of nitrogens with one attached hydrogen (secondary N) is 3. The second-order valence-corrected chi connectivity index (χ2v) is 10.5. The Labute approximate surface area is 194 Å². The summed E-state index contributed by atoms with van der Waals surface area (Å²) < 4.78 is 17.3. The maximum absolute atomic E-state index is 12.5. The summed E-state index contributed by atoms with van der Waals surface area (Å²) in [5.41, 5.74) is 2.69. The van der Waals surface area contributed by atoms with Crippen LogP contribution in [0.5, 0.6) is 5.75 Å². The van der Waals surface area contributed by atoms with Crippen LogP contribution in [-0.2, 0) is 15.6 Å². The number of pyridine rings is 1. The molecule has 2 saturated heterocycles. The molecule has 3 aliphatic rings. The van der Waals surface area contributed by atoms with E-state index in [1.807, 2.05) is 18.2 Å². The second-order valence-electron chi connectivity index (χ2n) is 9.03. The lowest BCUT2D eigenvalue weighted by atomic mass is 9.82. The number of methoxy groups -OCH3 is 1. The van der Waals surface area contributed by atoms with Crippen molar-refractivity contribution in [2.24, 2.45) is 11.3 Å². The zero-order valence-electron chi connectivity index (χ0n) is 18.6. The maximum atomic E-state index is 12.5. The van der Waals surface area contributed by atoms with Crippen LogP contribution in [0.2, 0.25) is 0 Å². The molecule has 3 heterocycles. The lowest BCUT2D eigenvalue weighted by molar-refractivity contribution is -0.117. The number of hydrogen-bond donors (Lipinski definition) is 3. The Bertz CT molecular complexity index is 1130. The number of amides is 2. The van der Waals surface area contributed by atoms with Crippen molar-refractivity contribution < 1.29 is 18.5 Å². The number of para-hydroxylation sites is 1. The summed E-state index contributed by atoms with van der Waals surface area (Å²) in [5, 5.41) is 8.77. The van der Waals surface area contributed by atoms with Crippen LogP contribution < -0.4 is 25.6 Å². The van der Waals surface area contributed by atoms with Crippen molar-refractivity contribution in [2.45, 2.75) is 12.8 Å². The number of benzene rings is 1. The van der Waals surface area contributed by atoms with Crippen molar-refractivity contribution in [1.82, 2.24) is 10.3 Å². The Kier molecular flexibility index (Phi) is 5.48. The van der Waals surface area contributed by atoms with E-state index in [9.17, 15) is 13.8 Å². The molecule has 5 rings (SSSR count). The SMILES string of the molecule is CNC(=O)c1cnc(NC(=O)C2CC2)cc1Nc1cccc(N2CC3(C2)CS(=O)C3)c1OC. The molecule has 1 saturated carbocycles. The predicted octanol–water partition coefficient (Wildman–Crippen LogP) is 2.11. The van der Waals surface area contributed by atoms with Gasteiger partial charge in [0.15, 0.2) is 5.75 Å². The average Bonchev–Trinajstić information content (AvgIpc) is 3.60. The minimum atomic E-state index is -0.678. The summed E-state index contributed by atoms with van der Waals surface area (Å²) >= 11 is 0. The maximum Gasteiger partial charge on any atom is 0.254 e. The first-order chi connectivity index (χ1) is 15.9. The molecular weight excluding hydrogens is 442 g/mol. The molecule has 9 nitrogen and oxygen atoms in total. The summed E-state index contributed by atoms with van der Waals surface area (Å²) in [4.78, 5) is 31.1. The largest absolute Gasteiger partial charge is 0.492 e. The van der Waals surface area contributed by atoms with E-state index in [-0.39, 0.29) is 23.1 Å². The van der Waals surface area contributed by atoms with E-state index in [0.29, 0.717) is 28.5 Å². The Morgan fingerprint density at radius 1 is 1.21 bits per heavy atom. The lowest BCUT2D eigenvalue weighted by Gasteiger charge is -2.56. The quantitative estimate of drug-likeness (QED) is 0.569. The summed E-state index contributed by atoms with van der Waals surface area (Å²) in [7, 11) is 2.50. The third-order valence-electron chi connectivity index (χ3n) is 6.37. The van der Waals surface area contributed by atoms with Gasteiger partial charge >= 0.3 is 0 Å². The number of anilines is 4. The van der Waals surface area contributed by atoms with Gasteiger partial charge in [0.1, 0.15) is 5.82 Å². The van der Waals surface area contributed by atoms with Crippen LogP contribution in [0.25, 0.3) is 0 Å². The third-order valence-corrected chi connectivity index (χ3v) is 8.24. The molecule has 2 aromatic rings. The number of aromatic nitrogens is 1. The summed E-state index contributed by atoms with van der Waals surface area (Å²) in [6, 6.07) is 7.48. The van der Waals surface area contributed by atoms with Crippen molar-refractivity contribution in [1.29, 1.82) is 0 Å². The number of carbonyl (C=O) groups is 2. The van der Waals surface area contributed by atoms with Gasteiger partial charge in [-0.15, -0.1) is 0 Å². The molecule has 1 aromatic carbocycles. The van der Waals surface area contributed by atoms with Gasteiger partial charge in [-0.1, -0.05) is 6.07 Å². The van der Waals surface area contributed by atoms with Crippen LogP contribution in [-0.4, -0.2) is 59.8 Å². The standard InChI is InChI=1S/C23H27N5O4S/c1-24-22(30)15-9-25-19(27-21(29)14-6-7-14)8-17(15)26-16-4-3-5-18(20(16)32-2)28-10-23(11-28)12-33(31)13-23/h3-5,8-9,14H,6-7,10-13H2,1-2H3,(H,24,30)(H2,25,26,27,29). The topological polar surface area (TPSA) is 113 Å². The lowest BCUT2D eigenvalue weighted by Crippen LogP contribution is -2.67. The van der Waals surface area contributed by atoms with Gasteiger partial charge in [-0.2, -0.15) is 0 Å². The molecule has 0 atom stereocenters. The van der Waals surface area contributed by atoms with Crippen LogP contribution in [0.15, 0.2) is 30.5 Å². The molecule has 0 unspecified atom stereocenters. The zero-order chi connectivity index (χ0) is 23.2. The second kappa shape index (κ2) is 8.33. The average molecular weight is 470 g/mol. The van der Waals surface area contributed by atoms with E-state index in [0.717, 1.165) is 43.1 Å². The number of hydrogen-bond acceptors (Lipinski definition) is 7. The van der Waals surface area contributed by atoms with Gasteiger partial charge in [0.25, 0.3) is 5.91 Å². The fourth-order valence-electron chi connectivity index (χ4n) is 4.51. The molecule has 3 N–H and O–H groups in total. The Morgan fingerprint density at radius 2 is 1.97 bits per heavy atom. The molecule has 2 amide bonds. The molecule has 174 valence electrons. The molecule has 0 bridgehead atoms. The Balaban J connectivity index is 1.42. The summed E-state index contributed by atoms with van der Waals surface area (Å²) in [6.45, 7) is 1.71. The van der Waals surface area contributed by atoms with Crippen molar-refractivity contribution in [3.05, 3.63) is 36.0 Å². The summed E-state index contributed by atoms with van der Waals surface area (Å²) in [5.74, 6) is 2.30. The van der Waals surface area contributed by atoms with Gasteiger partial charge in [-0.3, -0.25) is 13.8 Å². The van der Waals surface area contributed by atoms with Gasteiger partial charge in [-0.25, -0.2) is 4.98 Å². The van der Waals surface area contributed by atoms with Gasteiger partial charge in [-0.05, 0) is 25.0 Å².